The Morgan fingerprint density at radius 1 is 1.18 bits per heavy atom. The van der Waals surface area contributed by atoms with E-state index in [1.54, 1.807) is 6.08 Å². The number of carbonyl (C=O) groups excluding carboxylic acids is 1. The van der Waals surface area contributed by atoms with Gasteiger partial charge in [0.2, 0.25) is 0 Å². The zero-order valence-electron chi connectivity index (χ0n) is 5.94. The van der Waals surface area contributed by atoms with Crippen molar-refractivity contribution in [2.45, 2.75) is 0 Å². The van der Waals surface area contributed by atoms with E-state index in [4.69, 9.17) is 0 Å². The summed E-state index contributed by atoms with van der Waals surface area (Å²) >= 11 is 0.308. The van der Waals surface area contributed by atoms with Crippen molar-refractivity contribution in [2.75, 3.05) is 0 Å². The fraction of sp³-hybridized carbons (Fsp3) is 0. The fourth-order valence-corrected chi connectivity index (χ4v) is 1.94. The van der Waals surface area contributed by atoms with Crippen molar-refractivity contribution in [3.8, 4) is 0 Å². The summed E-state index contributed by atoms with van der Waals surface area (Å²) in [4.78, 5) is 11.8. The van der Waals surface area contributed by atoms with Gasteiger partial charge in [-0.05, 0) is 0 Å². The van der Waals surface area contributed by atoms with Crippen molar-refractivity contribution in [1.82, 2.24) is 0 Å². The molecule has 1 rings (SSSR count). The first-order valence-corrected chi connectivity index (χ1v) is 5.10. The molecule has 56 valence electrons. The second-order valence-electron chi connectivity index (χ2n) is 1.90. The van der Waals surface area contributed by atoms with Gasteiger partial charge in [0.15, 0.2) is 0 Å². The first-order valence-electron chi connectivity index (χ1n) is 3.25. The van der Waals surface area contributed by atoms with Crippen molar-refractivity contribution in [3.05, 3.63) is 41.4 Å². The summed E-state index contributed by atoms with van der Waals surface area (Å²) in [6, 6.07) is 10.1. The molecule has 0 radical (unpaired) electrons. The van der Waals surface area contributed by atoms with Gasteiger partial charge < -0.3 is 0 Å². The average Bonchev–Trinajstić information content (AvgIpc) is 2.07. The van der Waals surface area contributed by atoms with Gasteiger partial charge in [-0.3, -0.25) is 0 Å². The van der Waals surface area contributed by atoms with Crippen LogP contribution in [0.25, 0.3) is 0 Å². The molecule has 0 aromatic heterocycles. The quantitative estimate of drug-likeness (QED) is 0.409. The summed E-state index contributed by atoms with van der Waals surface area (Å²) in [5, 5.41) is 0. The number of rotatable bonds is 3. The molecule has 0 aliphatic rings. The predicted octanol–water partition coefficient (Wildman–Crippen LogP) is 0.729. The number of carbonyl (C=O) groups is 1. The average molecular weight is 211 g/mol. The van der Waals surface area contributed by atoms with E-state index in [9.17, 15) is 4.79 Å². The van der Waals surface area contributed by atoms with Gasteiger partial charge in [-0.1, -0.05) is 0 Å². The zero-order chi connectivity index (χ0) is 7.94. The Balaban J connectivity index is 2.51. The number of allylic oxidation sites excluding steroid dienone is 1. The summed E-state index contributed by atoms with van der Waals surface area (Å²) in [5.41, 5.74) is 0. The fourth-order valence-electron chi connectivity index (χ4n) is 0.649. The van der Waals surface area contributed by atoms with E-state index in [0.717, 1.165) is 6.29 Å². The summed E-state index contributed by atoms with van der Waals surface area (Å²) in [6.07, 6.45) is 2.36. The van der Waals surface area contributed by atoms with Crippen molar-refractivity contribution in [2.24, 2.45) is 0 Å². The second kappa shape index (κ2) is 4.89. The number of hydrogen-bond donors (Lipinski definition) is 0. The van der Waals surface area contributed by atoms with Crippen LogP contribution in [-0.4, -0.2) is 21.2 Å². The van der Waals surface area contributed by atoms with Crippen LogP contribution < -0.4 is 4.46 Å². The standard InChI is InChI=1S/C9H8OSe/c10-7-4-8-11-9-5-2-1-3-6-9/h1-8H. The van der Waals surface area contributed by atoms with Gasteiger partial charge in [0.25, 0.3) is 0 Å². The maximum atomic E-state index is 9.92. The Bertz CT molecular complexity index is 241. The number of benzene rings is 1. The summed E-state index contributed by atoms with van der Waals surface area (Å²) in [5.74, 6) is 0. The van der Waals surface area contributed by atoms with E-state index >= 15 is 0 Å². The first-order chi connectivity index (χ1) is 5.43. The number of aldehydes is 1. The molecule has 1 nitrogen and oxygen atoms in total. The van der Waals surface area contributed by atoms with Crippen LogP contribution in [0.4, 0.5) is 0 Å². The summed E-state index contributed by atoms with van der Waals surface area (Å²) in [6.45, 7) is 0. The molecule has 0 saturated heterocycles. The molecule has 0 aliphatic carbocycles. The Hall–Kier alpha value is -0.851. The molecule has 0 spiro atoms. The molecule has 0 amide bonds. The third-order valence-electron chi connectivity index (χ3n) is 1.10. The van der Waals surface area contributed by atoms with Crippen LogP contribution in [0.1, 0.15) is 0 Å². The van der Waals surface area contributed by atoms with Crippen molar-refractivity contribution in [3.63, 3.8) is 0 Å². The van der Waals surface area contributed by atoms with E-state index in [1.807, 2.05) is 23.2 Å². The Kier molecular flexibility index (Phi) is 3.67. The van der Waals surface area contributed by atoms with Crippen LogP contribution in [0.15, 0.2) is 41.4 Å². The van der Waals surface area contributed by atoms with Crippen LogP contribution in [0.2, 0.25) is 0 Å². The zero-order valence-corrected chi connectivity index (χ0v) is 7.65. The van der Waals surface area contributed by atoms with Gasteiger partial charge >= 0.3 is 71.9 Å². The Morgan fingerprint density at radius 3 is 2.55 bits per heavy atom. The van der Waals surface area contributed by atoms with E-state index in [0.29, 0.717) is 15.0 Å². The molecular weight excluding hydrogens is 203 g/mol. The minimum atomic E-state index is 0.308. The molecule has 0 N–H and O–H groups in total. The molecular formula is C9H8OSe. The molecule has 11 heavy (non-hydrogen) atoms. The van der Waals surface area contributed by atoms with E-state index < -0.39 is 0 Å². The first kappa shape index (κ1) is 8.25. The third kappa shape index (κ3) is 3.17. The third-order valence-corrected chi connectivity index (χ3v) is 2.86. The Morgan fingerprint density at radius 2 is 1.91 bits per heavy atom. The topological polar surface area (TPSA) is 17.1 Å². The SMILES string of the molecule is O=CC=C[Se]c1ccccc1. The second-order valence-corrected chi connectivity index (χ2v) is 3.95. The number of hydrogen-bond acceptors (Lipinski definition) is 1. The molecule has 0 fully saturated rings. The molecule has 0 atom stereocenters. The molecule has 1 aromatic rings. The van der Waals surface area contributed by atoms with E-state index in [1.165, 1.54) is 4.46 Å². The molecule has 1 aromatic carbocycles. The van der Waals surface area contributed by atoms with Crippen molar-refractivity contribution < 1.29 is 4.79 Å². The maximum absolute atomic E-state index is 9.92. The van der Waals surface area contributed by atoms with Crippen molar-refractivity contribution in [1.29, 1.82) is 0 Å². The predicted molar refractivity (Wildman–Crippen MR) is 47.0 cm³/mol. The minimum absolute atomic E-state index is 0.308. The van der Waals surface area contributed by atoms with Gasteiger partial charge in [0.05, 0.1) is 0 Å². The summed E-state index contributed by atoms with van der Waals surface area (Å²) < 4.78 is 1.29. The molecule has 0 bridgehead atoms. The van der Waals surface area contributed by atoms with Crippen LogP contribution in [-0.2, 0) is 4.79 Å². The molecule has 0 aliphatic heterocycles. The van der Waals surface area contributed by atoms with Gasteiger partial charge in [-0.25, -0.2) is 0 Å². The van der Waals surface area contributed by atoms with Crippen molar-refractivity contribution >= 4 is 25.7 Å². The van der Waals surface area contributed by atoms with Gasteiger partial charge in [0.1, 0.15) is 0 Å². The molecule has 0 unspecified atom stereocenters. The van der Waals surface area contributed by atoms with Crippen LogP contribution in [0, 0.1) is 0 Å². The van der Waals surface area contributed by atoms with Gasteiger partial charge in [-0.15, -0.1) is 0 Å². The molecule has 2 heteroatoms. The van der Waals surface area contributed by atoms with Crippen LogP contribution in [0.5, 0.6) is 0 Å². The van der Waals surface area contributed by atoms with Crippen LogP contribution >= 0.6 is 0 Å². The van der Waals surface area contributed by atoms with E-state index in [-0.39, 0.29) is 0 Å². The Labute approximate surface area is 72.3 Å². The van der Waals surface area contributed by atoms with Gasteiger partial charge in [-0.2, -0.15) is 0 Å². The summed E-state index contributed by atoms with van der Waals surface area (Å²) in [7, 11) is 0. The van der Waals surface area contributed by atoms with Gasteiger partial charge in [0, 0.05) is 0 Å². The van der Waals surface area contributed by atoms with Crippen LogP contribution in [0.3, 0.4) is 0 Å². The normalized spacial score (nSPS) is 10.2. The molecule has 0 heterocycles. The molecule has 0 saturated carbocycles. The van der Waals surface area contributed by atoms with E-state index in [2.05, 4.69) is 12.1 Å². The monoisotopic (exact) mass is 212 g/mol.